The molecule has 0 aliphatic carbocycles. The predicted molar refractivity (Wildman–Crippen MR) is 53.6 cm³/mol. The Labute approximate surface area is 79.2 Å². The SMILES string of the molecule is CCn1c(C)cc([C@H](N)CO)c1C. The molecular formula is C10H18N2O. The summed E-state index contributed by atoms with van der Waals surface area (Å²) in [5.41, 5.74) is 9.20. The number of nitrogens with zero attached hydrogens (tertiary/aromatic N) is 1. The Kier molecular flexibility index (Phi) is 3.12. The first-order valence-corrected chi connectivity index (χ1v) is 4.64. The van der Waals surface area contributed by atoms with Crippen molar-refractivity contribution in [3.63, 3.8) is 0 Å². The van der Waals surface area contributed by atoms with Crippen LogP contribution in [-0.2, 0) is 6.54 Å². The fraction of sp³-hybridized carbons (Fsp3) is 0.600. The van der Waals surface area contributed by atoms with Crippen LogP contribution in [0.3, 0.4) is 0 Å². The normalized spacial score (nSPS) is 13.3. The molecule has 0 amide bonds. The van der Waals surface area contributed by atoms with Gasteiger partial charge in [0.1, 0.15) is 0 Å². The number of aromatic nitrogens is 1. The molecule has 1 rings (SSSR count). The smallest absolute Gasteiger partial charge is 0.0625 e. The van der Waals surface area contributed by atoms with Gasteiger partial charge in [0.2, 0.25) is 0 Å². The van der Waals surface area contributed by atoms with Gasteiger partial charge in [0, 0.05) is 17.9 Å². The number of hydrogen-bond donors (Lipinski definition) is 2. The van der Waals surface area contributed by atoms with Crippen LogP contribution in [0, 0.1) is 13.8 Å². The third-order valence-corrected chi connectivity index (χ3v) is 2.53. The van der Waals surface area contributed by atoms with Crippen molar-refractivity contribution >= 4 is 0 Å². The van der Waals surface area contributed by atoms with Crippen molar-refractivity contribution < 1.29 is 5.11 Å². The van der Waals surface area contributed by atoms with E-state index < -0.39 is 0 Å². The first-order chi connectivity index (χ1) is 6.11. The molecule has 0 unspecified atom stereocenters. The molecule has 0 saturated heterocycles. The van der Waals surface area contributed by atoms with Crippen LogP contribution in [0.1, 0.15) is 29.9 Å². The van der Waals surface area contributed by atoms with Gasteiger partial charge in [0.05, 0.1) is 12.6 Å². The van der Waals surface area contributed by atoms with Crippen molar-refractivity contribution in [2.24, 2.45) is 5.73 Å². The standard InChI is InChI=1S/C10H18N2O/c1-4-12-7(2)5-9(8(12)3)10(11)6-13/h5,10,13H,4,6,11H2,1-3H3/t10-/m1/s1. The molecule has 1 aromatic rings. The number of aryl methyl sites for hydroxylation is 1. The largest absolute Gasteiger partial charge is 0.394 e. The Bertz CT molecular complexity index is 291. The topological polar surface area (TPSA) is 51.2 Å². The third kappa shape index (κ3) is 1.76. The minimum atomic E-state index is -0.244. The van der Waals surface area contributed by atoms with E-state index in [-0.39, 0.29) is 12.6 Å². The summed E-state index contributed by atoms with van der Waals surface area (Å²) in [5.74, 6) is 0. The molecular weight excluding hydrogens is 164 g/mol. The molecule has 0 aliphatic rings. The van der Waals surface area contributed by atoms with Crippen molar-refractivity contribution in [2.45, 2.75) is 33.4 Å². The molecule has 0 fully saturated rings. The van der Waals surface area contributed by atoms with E-state index >= 15 is 0 Å². The van der Waals surface area contributed by atoms with E-state index in [4.69, 9.17) is 10.8 Å². The van der Waals surface area contributed by atoms with Gasteiger partial charge in [-0.15, -0.1) is 0 Å². The third-order valence-electron chi connectivity index (χ3n) is 2.53. The molecule has 0 spiro atoms. The molecule has 1 aromatic heterocycles. The quantitative estimate of drug-likeness (QED) is 0.736. The second-order valence-corrected chi connectivity index (χ2v) is 3.36. The Hall–Kier alpha value is -0.800. The van der Waals surface area contributed by atoms with Crippen LogP contribution in [-0.4, -0.2) is 16.3 Å². The summed E-state index contributed by atoms with van der Waals surface area (Å²) >= 11 is 0. The van der Waals surface area contributed by atoms with Gasteiger partial charge < -0.3 is 15.4 Å². The molecule has 0 saturated carbocycles. The summed E-state index contributed by atoms with van der Waals surface area (Å²) < 4.78 is 2.20. The molecule has 0 aliphatic heterocycles. The fourth-order valence-corrected chi connectivity index (χ4v) is 1.79. The lowest BCUT2D eigenvalue weighted by Gasteiger charge is -2.09. The fourth-order valence-electron chi connectivity index (χ4n) is 1.79. The van der Waals surface area contributed by atoms with E-state index in [9.17, 15) is 0 Å². The first kappa shape index (κ1) is 10.3. The summed E-state index contributed by atoms with van der Waals surface area (Å²) in [4.78, 5) is 0. The van der Waals surface area contributed by atoms with Crippen molar-refractivity contribution in [1.82, 2.24) is 4.57 Å². The molecule has 3 heteroatoms. The Morgan fingerprint density at radius 1 is 1.54 bits per heavy atom. The second-order valence-electron chi connectivity index (χ2n) is 3.36. The number of rotatable bonds is 3. The molecule has 3 nitrogen and oxygen atoms in total. The highest BCUT2D eigenvalue weighted by molar-refractivity contribution is 5.29. The highest BCUT2D eigenvalue weighted by Crippen LogP contribution is 2.19. The summed E-state index contributed by atoms with van der Waals surface area (Å²) in [5, 5.41) is 8.95. The minimum Gasteiger partial charge on any atom is -0.394 e. The van der Waals surface area contributed by atoms with Gasteiger partial charge in [0.25, 0.3) is 0 Å². The molecule has 3 N–H and O–H groups in total. The summed E-state index contributed by atoms with van der Waals surface area (Å²) in [6.45, 7) is 7.17. The summed E-state index contributed by atoms with van der Waals surface area (Å²) in [6.07, 6.45) is 0. The maximum absolute atomic E-state index is 8.95. The molecule has 1 heterocycles. The maximum atomic E-state index is 8.95. The zero-order valence-electron chi connectivity index (χ0n) is 8.54. The average molecular weight is 182 g/mol. The van der Waals surface area contributed by atoms with E-state index in [1.165, 1.54) is 11.4 Å². The molecule has 74 valence electrons. The Balaban J connectivity index is 3.10. The second kappa shape index (κ2) is 3.94. The molecule has 0 radical (unpaired) electrons. The maximum Gasteiger partial charge on any atom is 0.0625 e. The van der Waals surface area contributed by atoms with Gasteiger partial charge in [-0.2, -0.15) is 0 Å². The molecule has 0 bridgehead atoms. The van der Waals surface area contributed by atoms with Crippen molar-refractivity contribution in [3.05, 3.63) is 23.0 Å². The minimum absolute atomic E-state index is 0.00794. The molecule has 1 atom stereocenters. The highest BCUT2D eigenvalue weighted by atomic mass is 16.3. The van der Waals surface area contributed by atoms with Crippen LogP contribution in [0.25, 0.3) is 0 Å². The van der Waals surface area contributed by atoms with Crippen LogP contribution >= 0.6 is 0 Å². The van der Waals surface area contributed by atoms with E-state index in [2.05, 4.69) is 24.5 Å². The summed E-state index contributed by atoms with van der Waals surface area (Å²) in [7, 11) is 0. The summed E-state index contributed by atoms with van der Waals surface area (Å²) in [6, 6.07) is 1.81. The molecule has 0 aromatic carbocycles. The zero-order valence-corrected chi connectivity index (χ0v) is 8.54. The lowest BCUT2D eigenvalue weighted by atomic mass is 10.1. The lowest BCUT2D eigenvalue weighted by molar-refractivity contribution is 0.267. The van der Waals surface area contributed by atoms with Crippen LogP contribution in [0.2, 0.25) is 0 Å². The van der Waals surface area contributed by atoms with Crippen molar-refractivity contribution in [3.8, 4) is 0 Å². The highest BCUT2D eigenvalue weighted by Gasteiger charge is 2.12. The van der Waals surface area contributed by atoms with E-state index in [0.717, 1.165) is 12.1 Å². The van der Waals surface area contributed by atoms with Gasteiger partial charge in [0.15, 0.2) is 0 Å². The molecule has 13 heavy (non-hydrogen) atoms. The lowest BCUT2D eigenvalue weighted by Crippen LogP contribution is -2.15. The van der Waals surface area contributed by atoms with E-state index in [0.29, 0.717) is 0 Å². The van der Waals surface area contributed by atoms with Crippen molar-refractivity contribution in [2.75, 3.05) is 6.61 Å². The predicted octanol–water partition coefficient (Wildman–Crippen LogP) is 1.12. The van der Waals surface area contributed by atoms with Gasteiger partial charge in [-0.25, -0.2) is 0 Å². The zero-order chi connectivity index (χ0) is 10.0. The van der Waals surface area contributed by atoms with Gasteiger partial charge in [-0.3, -0.25) is 0 Å². The van der Waals surface area contributed by atoms with Crippen molar-refractivity contribution in [1.29, 1.82) is 0 Å². The van der Waals surface area contributed by atoms with E-state index in [1.807, 2.05) is 6.92 Å². The Morgan fingerprint density at radius 2 is 2.15 bits per heavy atom. The number of nitrogens with two attached hydrogens (primary N) is 1. The Morgan fingerprint density at radius 3 is 2.54 bits per heavy atom. The van der Waals surface area contributed by atoms with Crippen LogP contribution < -0.4 is 5.73 Å². The number of aliphatic hydroxyl groups excluding tert-OH is 1. The van der Waals surface area contributed by atoms with Crippen LogP contribution in [0.5, 0.6) is 0 Å². The number of hydrogen-bond acceptors (Lipinski definition) is 2. The first-order valence-electron chi connectivity index (χ1n) is 4.64. The monoisotopic (exact) mass is 182 g/mol. The number of aliphatic hydroxyl groups is 1. The van der Waals surface area contributed by atoms with Gasteiger partial charge in [-0.1, -0.05) is 0 Å². The van der Waals surface area contributed by atoms with Gasteiger partial charge >= 0.3 is 0 Å². The average Bonchev–Trinajstić information content (AvgIpc) is 2.40. The van der Waals surface area contributed by atoms with Gasteiger partial charge in [-0.05, 0) is 32.4 Å². The van der Waals surface area contributed by atoms with Crippen LogP contribution in [0.4, 0.5) is 0 Å². The van der Waals surface area contributed by atoms with E-state index in [1.54, 1.807) is 0 Å². The van der Waals surface area contributed by atoms with Crippen LogP contribution in [0.15, 0.2) is 6.07 Å².